The van der Waals surface area contributed by atoms with E-state index in [9.17, 15) is 4.57 Å². The lowest BCUT2D eigenvalue weighted by Crippen LogP contribution is -1.93. The van der Waals surface area contributed by atoms with Crippen LogP contribution in [0.3, 0.4) is 0 Å². The Labute approximate surface area is 124 Å². The molecule has 0 aromatic carbocycles. The zero-order valence-corrected chi connectivity index (χ0v) is 14.1. The van der Waals surface area contributed by atoms with Gasteiger partial charge in [0, 0.05) is 11.5 Å². The van der Waals surface area contributed by atoms with Crippen molar-refractivity contribution in [1.29, 1.82) is 0 Å². The standard InChI is InChI=1S/C8H15N2O5PS3/c1-4-12-8-9-7(10-17-8)15-16(11,18-13-5-2)19-14-6-3/h4-6H2,1-3H3. The van der Waals surface area contributed by atoms with E-state index in [1.807, 2.05) is 6.92 Å². The van der Waals surface area contributed by atoms with E-state index >= 15 is 0 Å². The summed E-state index contributed by atoms with van der Waals surface area (Å²) < 4.78 is 36.9. The SMILES string of the molecule is CCOSP(=O)(Oc1nsc(OCC)n1)SOCC. The van der Waals surface area contributed by atoms with E-state index in [-0.39, 0.29) is 6.01 Å². The van der Waals surface area contributed by atoms with Crippen molar-refractivity contribution < 1.29 is 22.2 Å². The van der Waals surface area contributed by atoms with Crippen LogP contribution >= 0.6 is 40.6 Å². The first-order valence-electron chi connectivity index (χ1n) is 5.52. The Morgan fingerprint density at radius 3 is 2.32 bits per heavy atom. The van der Waals surface area contributed by atoms with Crippen LogP contribution in [0, 0.1) is 0 Å². The summed E-state index contributed by atoms with van der Waals surface area (Å²) in [4.78, 5) is 3.95. The van der Waals surface area contributed by atoms with Crippen LogP contribution in [0.15, 0.2) is 0 Å². The average Bonchev–Trinajstić information content (AvgIpc) is 2.82. The molecular formula is C8H15N2O5PS3. The van der Waals surface area contributed by atoms with Crippen LogP contribution in [0.25, 0.3) is 0 Å². The highest BCUT2D eigenvalue weighted by atomic mass is 33.1. The van der Waals surface area contributed by atoms with Gasteiger partial charge in [0.05, 0.1) is 19.8 Å². The Hall–Kier alpha value is 0.01000. The van der Waals surface area contributed by atoms with Gasteiger partial charge in [-0.05, 0) is 20.8 Å². The third-order valence-electron chi connectivity index (χ3n) is 1.37. The Bertz CT molecular complexity index is 407. The van der Waals surface area contributed by atoms with Crippen LogP contribution in [-0.2, 0) is 12.9 Å². The summed E-state index contributed by atoms with van der Waals surface area (Å²) in [5, 5.41) is 0.367. The molecule has 0 unspecified atom stereocenters. The molecule has 19 heavy (non-hydrogen) atoms. The minimum Gasteiger partial charge on any atom is -0.469 e. The van der Waals surface area contributed by atoms with E-state index in [1.54, 1.807) is 13.8 Å². The zero-order valence-electron chi connectivity index (χ0n) is 10.7. The molecule has 1 aromatic heterocycles. The Kier molecular flexibility index (Phi) is 8.12. The Morgan fingerprint density at radius 1 is 1.16 bits per heavy atom. The summed E-state index contributed by atoms with van der Waals surface area (Å²) in [5.41, 5.74) is 0. The van der Waals surface area contributed by atoms with Gasteiger partial charge in [0.15, 0.2) is 0 Å². The van der Waals surface area contributed by atoms with E-state index in [0.29, 0.717) is 25.0 Å². The molecule has 0 atom stereocenters. The highest BCUT2D eigenvalue weighted by molar-refractivity contribution is 8.87. The molecule has 0 radical (unpaired) electrons. The van der Waals surface area contributed by atoms with E-state index < -0.39 is 5.77 Å². The van der Waals surface area contributed by atoms with Crippen LogP contribution in [0.4, 0.5) is 0 Å². The summed E-state index contributed by atoms with van der Waals surface area (Å²) in [6.45, 7) is 6.70. The van der Waals surface area contributed by atoms with Crippen LogP contribution in [-0.4, -0.2) is 29.2 Å². The van der Waals surface area contributed by atoms with E-state index in [4.69, 9.17) is 17.6 Å². The second-order valence-electron chi connectivity index (χ2n) is 2.78. The van der Waals surface area contributed by atoms with Gasteiger partial charge in [0.2, 0.25) is 0 Å². The van der Waals surface area contributed by atoms with Gasteiger partial charge < -0.3 is 17.6 Å². The summed E-state index contributed by atoms with van der Waals surface area (Å²) in [6, 6.07) is -0.00353. The number of rotatable bonds is 10. The fourth-order valence-electron chi connectivity index (χ4n) is 0.794. The summed E-state index contributed by atoms with van der Waals surface area (Å²) in [6.07, 6.45) is 0. The summed E-state index contributed by atoms with van der Waals surface area (Å²) >= 11 is 2.51. The van der Waals surface area contributed by atoms with Gasteiger partial charge in [-0.3, -0.25) is 0 Å². The van der Waals surface area contributed by atoms with Crippen molar-refractivity contribution in [2.45, 2.75) is 20.8 Å². The molecule has 0 saturated carbocycles. The molecule has 0 bridgehead atoms. The Balaban J connectivity index is 2.66. The minimum absolute atomic E-state index is 0.00353. The van der Waals surface area contributed by atoms with Gasteiger partial charge in [0.1, 0.15) is 23.3 Å². The predicted octanol–water partition coefficient (Wildman–Crippen LogP) is 3.79. The minimum atomic E-state index is -3.26. The van der Waals surface area contributed by atoms with Gasteiger partial charge in [-0.25, -0.2) is 4.57 Å². The first kappa shape index (κ1) is 17.1. The van der Waals surface area contributed by atoms with Crippen molar-refractivity contribution in [2.75, 3.05) is 19.8 Å². The maximum Gasteiger partial charge on any atom is 0.414 e. The molecule has 1 aromatic rings. The number of nitrogens with zero attached hydrogens (tertiary/aromatic N) is 2. The normalized spacial score (nSPS) is 11.5. The monoisotopic (exact) mass is 346 g/mol. The molecule has 0 aliphatic heterocycles. The molecule has 11 heteroatoms. The number of hydrogen-bond donors (Lipinski definition) is 0. The zero-order chi connectivity index (χ0) is 14.1. The van der Waals surface area contributed by atoms with Crippen molar-refractivity contribution in [3.8, 4) is 11.2 Å². The fraction of sp³-hybridized carbons (Fsp3) is 0.750. The molecule has 0 N–H and O–H groups in total. The lowest BCUT2D eigenvalue weighted by atomic mass is 10.9. The number of hydrogen-bond acceptors (Lipinski definition) is 10. The molecule has 0 aliphatic carbocycles. The second kappa shape index (κ2) is 9.04. The van der Waals surface area contributed by atoms with Gasteiger partial charge in [0.25, 0.3) is 5.19 Å². The molecule has 0 aliphatic rings. The highest BCUT2D eigenvalue weighted by Crippen LogP contribution is 2.69. The lowest BCUT2D eigenvalue weighted by molar-refractivity contribution is 0.335. The third-order valence-corrected chi connectivity index (χ3v) is 6.69. The molecule has 0 saturated heterocycles. The van der Waals surface area contributed by atoms with Crippen LogP contribution in [0.1, 0.15) is 20.8 Å². The molecule has 0 amide bonds. The molecule has 1 rings (SSSR count). The summed E-state index contributed by atoms with van der Waals surface area (Å²) in [5.74, 6) is -3.26. The van der Waals surface area contributed by atoms with Crippen LogP contribution < -0.4 is 9.26 Å². The molecular weight excluding hydrogens is 331 g/mol. The van der Waals surface area contributed by atoms with Crippen molar-refractivity contribution in [3.05, 3.63) is 0 Å². The third kappa shape index (κ3) is 6.33. The van der Waals surface area contributed by atoms with Gasteiger partial charge in [-0.15, -0.1) is 9.36 Å². The van der Waals surface area contributed by atoms with Gasteiger partial charge >= 0.3 is 11.8 Å². The van der Waals surface area contributed by atoms with Crippen molar-refractivity contribution in [2.24, 2.45) is 0 Å². The van der Waals surface area contributed by atoms with Crippen molar-refractivity contribution in [1.82, 2.24) is 9.36 Å². The predicted molar refractivity (Wildman–Crippen MR) is 77.7 cm³/mol. The van der Waals surface area contributed by atoms with Crippen molar-refractivity contribution in [3.63, 3.8) is 0 Å². The van der Waals surface area contributed by atoms with Crippen molar-refractivity contribution >= 4 is 40.6 Å². The number of ether oxygens (including phenoxy) is 1. The molecule has 0 fully saturated rings. The van der Waals surface area contributed by atoms with Crippen LogP contribution in [0.2, 0.25) is 0 Å². The molecule has 1 heterocycles. The van der Waals surface area contributed by atoms with Gasteiger partial charge in [-0.1, -0.05) is 0 Å². The largest absolute Gasteiger partial charge is 0.469 e. The second-order valence-corrected chi connectivity index (χ2v) is 9.81. The first-order chi connectivity index (χ1) is 9.13. The molecule has 0 spiro atoms. The Morgan fingerprint density at radius 2 is 1.79 bits per heavy atom. The number of aromatic nitrogens is 2. The maximum absolute atomic E-state index is 12.4. The lowest BCUT2D eigenvalue weighted by Gasteiger charge is -2.13. The van der Waals surface area contributed by atoms with E-state index in [0.717, 1.165) is 34.9 Å². The van der Waals surface area contributed by atoms with Gasteiger partial charge in [-0.2, -0.15) is 0 Å². The molecule has 110 valence electrons. The van der Waals surface area contributed by atoms with E-state index in [1.165, 1.54) is 0 Å². The van der Waals surface area contributed by atoms with Crippen LogP contribution in [0.5, 0.6) is 11.2 Å². The topological polar surface area (TPSA) is 79.8 Å². The molecule has 7 nitrogen and oxygen atoms in total. The summed E-state index contributed by atoms with van der Waals surface area (Å²) in [7, 11) is 0. The fourth-order valence-corrected chi connectivity index (χ4v) is 5.27. The maximum atomic E-state index is 12.4. The smallest absolute Gasteiger partial charge is 0.414 e. The average molecular weight is 346 g/mol. The quantitative estimate of drug-likeness (QED) is 0.464. The first-order valence-corrected chi connectivity index (χ1v) is 10.6. The van der Waals surface area contributed by atoms with E-state index in [2.05, 4.69) is 9.36 Å². The highest BCUT2D eigenvalue weighted by Gasteiger charge is 2.32.